The van der Waals surface area contributed by atoms with Crippen LogP contribution in [0.3, 0.4) is 0 Å². The molecular formula is C20H24O. The number of hydrogen-bond acceptors (Lipinski definition) is 1. The lowest BCUT2D eigenvalue weighted by Crippen LogP contribution is -2.02. The fourth-order valence-corrected chi connectivity index (χ4v) is 2.38. The van der Waals surface area contributed by atoms with Crippen LogP contribution in [-0.2, 0) is 0 Å². The number of hydrogen-bond donors (Lipinski definition) is 0. The highest BCUT2D eigenvalue weighted by molar-refractivity contribution is 6.09. The monoisotopic (exact) mass is 280 g/mol. The van der Waals surface area contributed by atoms with Gasteiger partial charge in [-0.25, -0.2) is 0 Å². The molecule has 2 aromatic rings. The Morgan fingerprint density at radius 1 is 0.810 bits per heavy atom. The molecule has 0 aliphatic heterocycles. The van der Waals surface area contributed by atoms with Crippen LogP contribution in [0, 0.1) is 0 Å². The molecule has 0 N–H and O–H groups in total. The van der Waals surface area contributed by atoms with Crippen molar-refractivity contribution >= 4 is 5.78 Å². The summed E-state index contributed by atoms with van der Waals surface area (Å²) < 4.78 is 0. The van der Waals surface area contributed by atoms with E-state index in [1.54, 1.807) is 0 Å². The van der Waals surface area contributed by atoms with Gasteiger partial charge in [0.1, 0.15) is 0 Å². The van der Waals surface area contributed by atoms with E-state index in [0.29, 0.717) is 11.8 Å². The molecule has 1 atom stereocenters. The van der Waals surface area contributed by atoms with Gasteiger partial charge in [-0.05, 0) is 29.4 Å². The minimum absolute atomic E-state index is 0.0982. The summed E-state index contributed by atoms with van der Waals surface area (Å²) in [5.41, 5.74) is 4.08. The average Bonchev–Trinajstić information content (AvgIpc) is 2.53. The zero-order valence-corrected chi connectivity index (χ0v) is 13.4. The molecule has 1 unspecified atom stereocenters. The normalized spacial score (nSPS) is 12.4. The molecular weight excluding hydrogens is 256 g/mol. The first-order valence-electron chi connectivity index (χ1n) is 7.77. The number of ketones is 1. The largest absolute Gasteiger partial charge is 0.289 e. The van der Waals surface area contributed by atoms with E-state index in [-0.39, 0.29) is 5.78 Å². The predicted octanol–water partition coefficient (Wildman–Crippen LogP) is 5.55. The molecule has 1 nitrogen and oxygen atoms in total. The molecule has 0 heterocycles. The van der Waals surface area contributed by atoms with Crippen LogP contribution >= 0.6 is 0 Å². The molecule has 0 aliphatic rings. The molecule has 0 bridgehead atoms. The Labute approximate surface area is 128 Å². The van der Waals surface area contributed by atoms with Gasteiger partial charge in [0, 0.05) is 11.1 Å². The van der Waals surface area contributed by atoms with Crippen LogP contribution in [0.1, 0.15) is 73.0 Å². The van der Waals surface area contributed by atoms with E-state index in [1.807, 2.05) is 36.4 Å². The minimum Gasteiger partial charge on any atom is -0.289 e. The third kappa shape index (κ3) is 3.60. The van der Waals surface area contributed by atoms with Gasteiger partial charge in [0.05, 0.1) is 0 Å². The van der Waals surface area contributed by atoms with Crippen molar-refractivity contribution in [3.63, 3.8) is 0 Å². The summed E-state index contributed by atoms with van der Waals surface area (Å²) in [5, 5.41) is 0. The standard InChI is InChI=1S/C20H24O/c1-5-15(4)17-8-12-19(13-9-17)20(21)18-10-6-16(7-11-18)14(2)3/h6-15H,5H2,1-4H3. The highest BCUT2D eigenvalue weighted by atomic mass is 16.1. The highest BCUT2D eigenvalue weighted by Crippen LogP contribution is 2.21. The SMILES string of the molecule is CCC(C)c1ccc(C(=O)c2ccc(C(C)C)cc2)cc1. The Kier molecular flexibility index (Phi) is 4.95. The van der Waals surface area contributed by atoms with E-state index in [9.17, 15) is 4.79 Å². The Balaban J connectivity index is 2.19. The number of rotatable bonds is 5. The van der Waals surface area contributed by atoms with Crippen molar-refractivity contribution in [3.8, 4) is 0 Å². The summed E-state index contributed by atoms with van der Waals surface area (Å²) in [7, 11) is 0. The van der Waals surface area contributed by atoms with Gasteiger partial charge in [-0.2, -0.15) is 0 Å². The molecule has 0 amide bonds. The smallest absolute Gasteiger partial charge is 0.193 e. The first-order valence-corrected chi connectivity index (χ1v) is 7.77. The Bertz CT molecular complexity index is 591. The maximum atomic E-state index is 12.5. The fourth-order valence-electron chi connectivity index (χ4n) is 2.38. The minimum atomic E-state index is 0.0982. The topological polar surface area (TPSA) is 17.1 Å². The van der Waals surface area contributed by atoms with Crippen LogP contribution in [0.4, 0.5) is 0 Å². The molecule has 0 fully saturated rings. The molecule has 0 saturated heterocycles. The van der Waals surface area contributed by atoms with Crippen LogP contribution in [0.5, 0.6) is 0 Å². The van der Waals surface area contributed by atoms with E-state index in [1.165, 1.54) is 11.1 Å². The second kappa shape index (κ2) is 6.71. The van der Waals surface area contributed by atoms with E-state index < -0.39 is 0 Å². The lowest BCUT2D eigenvalue weighted by molar-refractivity contribution is 0.103. The van der Waals surface area contributed by atoms with E-state index >= 15 is 0 Å². The molecule has 21 heavy (non-hydrogen) atoms. The van der Waals surface area contributed by atoms with Gasteiger partial charge >= 0.3 is 0 Å². The molecule has 1 heteroatoms. The molecule has 2 aromatic carbocycles. The summed E-state index contributed by atoms with van der Waals surface area (Å²) in [6.45, 7) is 8.70. The van der Waals surface area contributed by atoms with Crippen molar-refractivity contribution in [2.75, 3.05) is 0 Å². The summed E-state index contributed by atoms with van der Waals surface area (Å²) in [6.07, 6.45) is 1.12. The van der Waals surface area contributed by atoms with Gasteiger partial charge in [-0.1, -0.05) is 76.2 Å². The Morgan fingerprint density at radius 3 is 1.62 bits per heavy atom. The van der Waals surface area contributed by atoms with Crippen LogP contribution in [-0.4, -0.2) is 5.78 Å². The van der Waals surface area contributed by atoms with Crippen molar-refractivity contribution in [1.29, 1.82) is 0 Å². The average molecular weight is 280 g/mol. The van der Waals surface area contributed by atoms with Crippen LogP contribution < -0.4 is 0 Å². The third-order valence-corrected chi connectivity index (χ3v) is 4.19. The summed E-state index contributed by atoms with van der Waals surface area (Å²) in [4.78, 5) is 12.5. The van der Waals surface area contributed by atoms with Crippen LogP contribution in [0.2, 0.25) is 0 Å². The second-order valence-electron chi connectivity index (χ2n) is 6.04. The number of carbonyl (C=O) groups is 1. The lowest BCUT2D eigenvalue weighted by atomic mass is 9.94. The Hall–Kier alpha value is -1.89. The lowest BCUT2D eigenvalue weighted by Gasteiger charge is -2.10. The Morgan fingerprint density at radius 2 is 1.24 bits per heavy atom. The molecule has 2 rings (SSSR count). The van der Waals surface area contributed by atoms with Crippen molar-refractivity contribution in [2.24, 2.45) is 0 Å². The van der Waals surface area contributed by atoms with E-state index in [2.05, 4.69) is 39.8 Å². The van der Waals surface area contributed by atoms with Gasteiger partial charge in [0.25, 0.3) is 0 Å². The quantitative estimate of drug-likeness (QED) is 0.656. The molecule has 0 saturated carbocycles. The highest BCUT2D eigenvalue weighted by Gasteiger charge is 2.10. The molecule has 0 aromatic heterocycles. The maximum absolute atomic E-state index is 12.5. The van der Waals surface area contributed by atoms with Gasteiger partial charge in [-0.15, -0.1) is 0 Å². The van der Waals surface area contributed by atoms with Gasteiger partial charge < -0.3 is 0 Å². The zero-order chi connectivity index (χ0) is 15.4. The summed E-state index contributed by atoms with van der Waals surface area (Å²) in [6, 6.07) is 16.0. The number of carbonyl (C=O) groups excluding carboxylic acids is 1. The fraction of sp³-hybridized carbons (Fsp3) is 0.350. The number of benzene rings is 2. The van der Waals surface area contributed by atoms with Gasteiger partial charge in [0.15, 0.2) is 5.78 Å². The molecule has 110 valence electrons. The molecule has 0 aliphatic carbocycles. The second-order valence-corrected chi connectivity index (χ2v) is 6.04. The van der Waals surface area contributed by atoms with Crippen molar-refractivity contribution in [3.05, 3.63) is 70.8 Å². The summed E-state index contributed by atoms with van der Waals surface area (Å²) >= 11 is 0. The zero-order valence-electron chi connectivity index (χ0n) is 13.4. The summed E-state index contributed by atoms with van der Waals surface area (Å²) in [5.74, 6) is 1.13. The first kappa shape index (κ1) is 15.5. The van der Waals surface area contributed by atoms with Crippen LogP contribution in [0.15, 0.2) is 48.5 Å². The van der Waals surface area contributed by atoms with Crippen LogP contribution in [0.25, 0.3) is 0 Å². The van der Waals surface area contributed by atoms with Crippen molar-refractivity contribution < 1.29 is 4.79 Å². The first-order chi connectivity index (χ1) is 10.0. The third-order valence-electron chi connectivity index (χ3n) is 4.19. The van der Waals surface area contributed by atoms with E-state index in [4.69, 9.17) is 0 Å². The van der Waals surface area contributed by atoms with E-state index in [0.717, 1.165) is 17.5 Å². The molecule has 0 radical (unpaired) electrons. The van der Waals surface area contributed by atoms with Crippen molar-refractivity contribution in [1.82, 2.24) is 0 Å². The van der Waals surface area contributed by atoms with Gasteiger partial charge in [0.2, 0.25) is 0 Å². The predicted molar refractivity (Wildman–Crippen MR) is 89.1 cm³/mol. The van der Waals surface area contributed by atoms with Crippen molar-refractivity contribution in [2.45, 2.75) is 46.0 Å². The van der Waals surface area contributed by atoms with Gasteiger partial charge in [-0.3, -0.25) is 4.79 Å². The molecule has 0 spiro atoms. The maximum Gasteiger partial charge on any atom is 0.193 e.